The summed E-state index contributed by atoms with van der Waals surface area (Å²) in [6.45, 7) is 2.33. The van der Waals surface area contributed by atoms with Gasteiger partial charge in [0, 0.05) is 6.61 Å². The van der Waals surface area contributed by atoms with Crippen LogP contribution in [0.4, 0.5) is 0 Å². The van der Waals surface area contributed by atoms with E-state index in [9.17, 15) is 5.11 Å². The van der Waals surface area contributed by atoms with Gasteiger partial charge in [-0.25, -0.2) is 0 Å². The SMILES string of the molecule is CC1(O)CCCC1.OCC1CCCC1. The smallest absolute Gasteiger partial charge is 0.0619 e. The molecule has 2 N–H and O–H groups in total. The molecule has 0 spiro atoms. The van der Waals surface area contributed by atoms with Crippen LogP contribution in [0, 0.1) is 5.92 Å². The van der Waals surface area contributed by atoms with Crippen molar-refractivity contribution in [2.75, 3.05) is 6.61 Å². The lowest BCUT2D eigenvalue weighted by Gasteiger charge is -2.12. The fourth-order valence-corrected chi connectivity index (χ4v) is 2.33. The maximum Gasteiger partial charge on any atom is 0.0619 e. The van der Waals surface area contributed by atoms with Gasteiger partial charge >= 0.3 is 0 Å². The molecule has 2 heteroatoms. The maximum absolute atomic E-state index is 9.19. The molecule has 2 nitrogen and oxygen atoms in total. The van der Waals surface area contributed by atoms with E-state index >= 15 is 0 Å². The molecule has 14 heavy (non-hydrogen) atoms. The first-order valence-corrected chi connectivity index (χ1v) is 5.97. The Morgan fingerprint density at radius 3 is 1.79 bits per heavy atom. The second-order valence-corrected chi connectivity index (χ2v) is 5.04. The molecule has 2 aliphatic carbocycles. The average molecular weight is 200 g/mol. The molecule has 2 saturated carbocycles. The van der Waals surface area contributed by atoms with Gasteiger partial charge < -0.3 is 10.2 Å². The first-order chi connectivity index (χ1) is 6.64. The lowest BCUT2D eigenvalue weighted by molar-refractivity contribution is 0.0681. The van der Waals surface area contributed by atoms with Gasteiger partial charge in [0.05, 0.1) is 5.60 Å². The summed E-state index contributed by atoms with van der Waals surface area (Å²) in [6, 6.07) is 0. The third-order valence-electron chi connectivity index (χ3n) is 3.41. The molecule has 0 bridgehead atoms. The molecule has 84 valence electrons. The average Bonchev–Trinajstić information content (AvgIpc) is 2.76. The van der Waals surface area contributed by atoms with Crippen LogP contribution in [-0.2, 0) is 0 Å². The quantitative estimate of drug-likeness (QED) is 0.682. The fraction of sp³-hybridized carbons (Fsp3) is 1.00. The zero-order valence-corrected chi connectivity index (χ0v) is 9.34. The van der Waals surface area contributed by atoms with E-state index in [1.54, 1.807) is 0 Å². The van der Waals surface area contributed by atoms with E-state index in [0.717, 1.165) is 12.8 Å². The molecule has 0 atom stereocenters. The Bertz CT molecular complexity index is 140. The number of aliphatic hydroxyl groups excluding tert-OH is 1. The van der Waals surface area contributed by atoms with Crippen LogP contribution in [0.15, 0.2) is 0 Å². The number of rotatable bonds is 1. The summed E-state index contributed by atoms with van der Waals surface area (Å²) < 4.78 is 0. The summed E-state index contributed by atoms with van der Waals surface area (Å²) in [4.78, 5) is 0. The molecule has 0 saturated heterocycles. The van der Waals surface area contributed by atoms with Crippen LogP contribution < -0.4 is 0 Å². The second kappa shape index (κ2) is 5.72. The Kier molecular flexibility index (Phi) is 4.90. The predicted molar refractivity (Wildman–Crippen MR) is 58.1 cm³/mol. The lowest BCUT2D eigenvalue weighted by atomic mass is 10.1. The van der Waals surface area contributed by atoms with E-state index in [1.807, 2.05) is 6.92 Å². The van der Waals surface area contributed by atoms with Crippen molar-refractivity contribution in [1.82, 2.24) is 0 Å². The number of hydrogen-bond acceptors (Lipinski definition) is 2. The number of aliphatic hydroxyl groups is 2. The van der Waals surface area contributed by atoms with Crippen LogP contribution in [-0.4, -0.2) is 22.4 Å². The van der Waals surface area contributed by atoms with E-state index < -0.39 is 0 Å². The summed E-state index contributed by atoms with van der Waals surface area (Å²) in [5.74, 6) is 0.653. The summed E-state index contributed by atoms with van der Waals surface area (Å²) in [5, 5.41) is 17.8. The van der Waals surface area contributed by atoms with Crippen LogP contribution in [0.25, 0.3) is 0 Å². The van der Waals surface area contributed by atoms with E-state index in [-0.39, 0.29) is 5.60 Å². The molecule has 0 unspecified atom stereocenters. The normalized spacial score (nSPS) is 25.9. The Balaban J connectivity index is 0.000000140. The third-order valence-corrected chi connectivity index (χ3v) is 3.41. The molecular weight excluding hydrogens is 176 g/mol. The fourth-order valence-electron chi connectivity index (χ4n) is 2.33. The van der Waals surface area contributed by atoms with Gasteiger partial charge in [-0.15, -0.1) is 0 Å². The summed E-state index contributed by atoms with van der Waals surface area (Å²) in [5.41, 5.74) is -0.306. The van der Waals surface area contributed by atoms with Crippen LogP contribution in [0.2, 0.25) is 0 Å². The summed E-state index contributed by atoms with van der Waals surface area (Å²) in [7, 11) is 0. The highest BCUT2D eigenvalue weighted by Crippen LogP contribution is 2.27. The molecule has 0 aromatic carbocycles. The lowest BCUT2D eigenvalue weighted by Crippen LogP contribution is -2.17. The van der Waals surface area contributed by atoms with Crippen molar-refractivity contribution in [3.63, 3.8) is 0 Å². The second-order valence-electron chi connectivity index (χ2n) is 5.04. The van der Waals surface area contributed by atoms with E-state index in [1.165, 1.54) is 38.5 Å². The minimum absolute atomic E-state index is 0.306. The Morgan fingerprint density at radius 1 is 1.07 bits per heavy atom. The minimum Gasteiger partial charge on any atom is -0.396 e. The van der Waals surface area contributed by atoms with Gasteiger partial charge in [0.25, 0.3) is 0 Å². The summed E-state index contributed by atoms with van der Waals surface area (Å²) >= 11 is 0. The highest BCUT2D eigenvalue weighted by atomic mass is 16.3. The largest absolute Gasteiger partial charge is 0.396 e. The molecule has 0 aromatic heterocycles. The first kappa shape index (κ1) is 12.0. The van der Waals surface area contributed by atoms with Crippen molar-refractivity contribution >= 4 is 0 Å². The number of hydrogen-bond donors (Lipinski definition) is 2. The van der Waals surface area contributed by atoms with Gasteiger partial charge in [0.1, 0.15) is 0 Å². The van der Waals surface area contributed by atoms with Crippen molar-refractivity contribution in [1.29, 1.82) is 0 Å². The van der Waals surface area contributed by atoms with Gasteiger partial charge in [0.15, 0.2) is 0 Å². The van der Waals surface area contributed by atoms with Crippen LogP contribution in [0.3, 0.4) is 0 Å². The standard InChI is InChI=1S/2C6H12O/c1-6(7)4-2-3-5-6;7-5-6-3-1-2-4-6/h7H,2-5H2,1H3;6-7H,1-5H2. The highest BCUT2D eigenvalue weighted by Gasteiger charge is 2.24. The highest BCUT2D eigenvalue weighted by molar-refractivity contribution is 4.78. The molecule has 0 heterocycles. The zero-order valence-electron chi connectivity index (χ0n) is 9.34. The van der Waals surface area contributed by atoms with Crippen molar-refractivity contribution in [3.05, 3.63) is 0 Å². The Morgan fingerprint density at radius 2 is 1.57 bits per heavy atom. The predicted octanol–water partition coefficient (Wildman–Crippen LogP) is 2.48. The van der Waals surface area contributed by atoms with E-state index in [0.29, 0.717) is 12.5 Å². The van der Waals surface area contributed by atoms with Crippen molar-refractivity contribution in [2.45, 2.75) is 63.9 Å². The zero-order chi connectivity index (χ0) is 10.4. The van der Waals surface area contributed by atoms with Gasteiger partial charge in [-0.3, -0.25) is 0 Å². The monoisotopic (exact) mass is 200 g/mol. The van der Waals surface area contributed by atoms with Crippen molar-refractivity contribution < 1.29 is 10.2 Å². The maximum atomic E-state index is 9.19. The topological polar surface area (TPSA) is 40.5 Å². The molecule has 0 aliphatic heterocycles. The van der Waals surface area contributed by atoms with Gasteiger partial charge in [0.2, 0.25) is 0 Å². The molecule has 2 aliphatic rings. The molecule has 0 aromatic rings. The van der Waals surface area contributed by atoms with Crippen LogP contribution in [0.1, 0.15) is 58.3 Å². The van der Waals surface area contributed by atoms with Crippen LogP contribution in [0.5, 0.6) is 0 Å². The first-order valence-electron chi connectivity index (χ1n) is 5.97. The van der Waals surface area contributed by atoms with Gasteiger partial charge in [-0.05, 0) is 38.5 Å². The van der Waals surface area contributed by atoms with E-state index in [2.05, 4.69) is 0 Å². The molecule has 2 rings (SSSR count). The van der Waals surface area contributed by atoms with Gasteiger partial charge in [-0.1, -0.05) is 25.7 Å². The molecule has 2 fully saturated rings. The van der Waals surface area contributed by atoms with E-state index in [4.69, 9.17) is 5.11 Å². The Labute approximate surface area is 87.3 Å². The third kappa shape index (κ3) is 4.43. The molecule has 0 radical (unpaired) electrons. The Hall–Kier alpha value is -0.0800. The molecular formula is C12H24O2. The van der Waals surface area contributed by atoms with Crippen LogP contribution >= 0.6 is 0 Å². The summed E-state index contributed by atoms with van der Waals surface area (Å²) in [6.07, 6.45) is 9.64. The minimum atomic E-state index is -0.306. The molecule has 0 amide bonds. The van der Waals surface area contributed by atoms with Crippen molar-refractivity contribution in [3.8, 4) is 0 Å². The van der Waals surface area contributed by atoms with Gasteiger partial charge in [-0.2, -0.15) is 0 Å². The van der Waals surface area contributed by atoms with Crippen molar-refractivity contribution in [2.24, 2.45) is 5.92 Å².